The van der Waals surface area contributed by atoms with Gasteiger partial charge in [-0.3, -0.25) is 0 Å². The van der Waals surface area contributed by atoms with Gasteiger partial charge >= 0.3 is 6.61 Å². The van der Waals surface area contributed by atoms with E-state index in [2.05, 4.69) is 11.7 Å². The van der Waals surface area contributed by atoms with Gasteiger partial charge in [0.25, 0.3) is 0 Å². The third-order valence-corrected chi connectivity index (χ3v) is 9.62. The van der Waals surface area contributed by atoms with E-state index in [4.69, 9.17) is 0 Å². The molecule has 0 saturated heterocycles. The minimum atomic E-state index is -3.24. The summed E-state index contributed by atoms with van der Waals surface area (Å²) in [5.41, 5.74) is 0.580. The first kappa shape index (κ1) is 26.8. The average molecular weight is 497 g/mol. The predicted octanol–water partition coefficient (Wildman–Crippen LogP) is 10.0. The summed E-state index contributed by atoms with van der Waals surface area (Å²) in [5, 5.41) is 0. The normalized spacial score (nSPS) is 31.4. The van der Waals surface area contributed by atoms with Crippen molar-refractivity contribution < 1.29 is 22.3 Å². The molecule has 3 fully saturated rings. The van der Waals surface area contributed by atoms with Crippen LogP contribution in [0.25, 0.3) is 0 Å². The molecule has 5 heteroatoms. The van der Waals surface area contributed by atoms with Gasteiger partial charge < -0.3 is 4.74 Å². The minimum Gasteiger partial charge on any atom is -0.429 e. The molecule has 0 heterocycles. The van der Waals surface area contributed by atoms with E-state index in [0.29, 0.717) is 5.56 Å². The van der Waals surface area contributed by atoms with E-state index in [9.17, 15) is 17.6 Å². The van der Waals surface area contributed by atoms with Crippen molar-refractivity contribution in [2.24, 2.45) is 29.6 Å². The maximum Gasteiger partial charge on any atom is 0.387 e. The molecule has 198 valence electrons. The van der Waals surface area contributed by atoms with Crippen LogP contribution < -0.4 is 4.74 Å². The number of alkyl halides is 2. The number of halogens is 4. The van der Waals surface area contributed by atoms with Gasteiger partial charge in [0, 0.05) is 0 Å². The van der Waals surface area contributed by atoms with Crippen LogP contribution in [0.5, 0.6) is 5.75 Å². The van der Waals surface area contributed by atoms with Crippen LogP contribution >= 0.6 is 0 Å². The molecule has 4 atom stereocenters. The Labute approximate surface area is 209 Å². The Kier molecular flexibility index (Phi) is 9.81. The van der Waals surface area contributed by atoms with Crippen LogP contribution in [0, 0.1) is 41.2 Å². The van der Waals surface area contributed by atoms with E-state index in [1.807, 2.05) is 0 Å². The molecule has 4 unspecified atom stereocenters. The Morgan fingerprint density at radius 2 is 1.31 bits per heavy atom. The molecule has 1 aromatic carbocycles. The van der Waals surface area contributed by atoms with Gasteiger partial charge in [-0.05, 0) is 111 Å². The lowest BCUT2D eigenvalue weighted by Gasteiger charge is -2.45. The number of hydrogen-bond acceptors (Lipinski definition) is 1. The molecule has 0 N–H and O–H groups in total. The minimum absolute atomic E-state index is 0.0972. The van der Waals surface area contributed by atoms with Crippen molar-refractivity contribution in [3.63, 3.8) is 0 Å². The monoisotopic (exact) mass is 496 g/mol. The molecule has 0 radical (unpaired) electrons. The first-order chi connectivity index (χ1) is 16.9. The van der Waals surface area contributed by atoms with Crippen LogP contribution in [0.15, 0.2) is 12.1 Å². The predicted molar refractivity (Wildman–Crippen MR) is 133 cm³/mol. The maximum atomic E-state index is 14.2. The third kappa shape index (κ3) is 7.16. The topological polar surface area (TPSA) is 9.23 Å². The van der Waals surface area contributed by atoms with Crippen LogP contribution in [-0.2, 0) is 0 Å². The van der Waals surface area contributed by atoms with Gasteiger partial charge in [-0.2, -0.15) is 8.78 Å². The Morgan fingerprint density at radius 3 is 1.97 bits per heavy atom. The summed E-state index contributed by atoms with van der Waals surface area (Å²) < 4.78 is 57.2. The average Bonchev–Trinajstić information content (AvgIpc) is 2.85. The van der Waals surface area contributed by atoms with Gasteiger partial charge in [0.15, 0.2) is 17.4 Å². The second-order valence-electron chi connectivity index (χ2n) is 11.8. The number of unbranched alkanes of at least 4 members (excludes halogenated alkanes) is 4. The highest BCUT2D eigenvalue weighted by Gasteiger charge is 2.39. The van der Waals surface area contributed by atoms with E-state index in [-0.39, 0.29) is 5.92 Å². The van der Waals surface area contributed by atoms with Crippen LogP contribution in [0.3, 0.4) is 0 Å². The quantitative estimate of drug-likeness (QED) is 0.231. The molecule has 0 aromatic heterocycles. The molecule has 3 aliphatic rings. The van der Waals surface area contributed by atoms with E-state index < -0.39 is 24.0 Å². The van der Waals surface area contributed by atoms with E-state index >= 15 is 0 Å². The summed E-state index contributed by atoms with van der Waals surface area (Å²) in [4.78, 5) is 0. The van der Waals surface area contributed by atoms with Crippen molar-refractivity contribution in [2.75, 3.05) is 0 Å². The number of rotatable bonds is 10. The Hall–Kier alpha value is -1.26. The second kappa shape index (κ2) is 12.8. The summed E-state index contributed by atoms with van der Waals surface area (Å²) in [6.45, 7) is -0.957. The molecule has 0 aliphatic heterocycles. The highest BCUT2D eigenvalue weighted by atomic mass is 19.3. The molecule has 4 rings (SSSR count). The third-order valence-electron chi connectivity index (χ3n) is 9.62. The summed E-state index contributed by atoms with van der Waals surface area (Å²) in [5.74, 6) is 1.40. The van der Waals surface area contributed by atoms with Crippen LogP contribution in [0.4, 0.5) is 17.6 Å². The Morgan fingerprint density at radius 1 is 0.743 bits per heavy atom. The molecule has 35 heavy (non-hydrogen) atoms. The summed E-state index contributed by atoms with van der Waals surface area (Å²) >= 11 is 0. The standard InChI is InChI=1S/C30H44F4O/c1-2-3-4-5-6-7-20-8-9-25-17-24(15-14-23(25)16-20)21-10-12-22(13-11-21)26-18-27(31)29(28(32)19-26)35-30(33)34/h18-25,30H,2-17H2,1H3. The van der Waals surface area contributed by atoms with Gasteiger partial charge in [-0.15, -0.1) is 0 Å². The lowest BCUT2D eigenvalue weighted by molar-refractivity contribution is -0.0546. The van der Waals surface area contributed by atoms with Crippen molar-refractivity contribution in [1.29, 1.82) is 0 Å². The largest absolute Gasteiger partial charge is 0.429 e. The first-order valence-electron chi connectivity index (χ1n) is 14.4. The zero-order valence-electron chi connectivity index (χ0n) is 21.4. The van der Waals surface area contributed by atoms with Crippen molar-refractivity contribution in [3.8, 4) is 5.75 Å². The van der Waals surface area contributed by atoms with E-state index in [1.54, 1.807) is 0 Å². The Balaban J connectivity index is 1.22. The highest BCUT2D eigenvalue weighted by molar-refractivity contribution is 5.33. The van der Waals surface area contributed by atoms with Gasteiger partial charge in [0.2, 0.25) is 0 Å². The zero-order chi connectivity index (χ0) is 24.8. The fourth-order valence-electron chi connectivity index (χ4n) is 7.69. The summed E-state index contributed by atoms with van der Waals surface area (Å²) in [7, 11) is 0. The van der Waals surface area contributed by atoms with E-state index in [0.717, 1.165) is 55.3 Å². The van der Waals surface area contributed by atoms with Gasteiger partial charge in [-0.1, -0.05) is 51.9 Å². The molecular formula is C30H44F4O. The SMILES string of the molecule is CCCCCCCC1CCC2CC(C3CCC(c4cc(F)c(OC(F)F)c(F)c4)CC3)CCC2C1. The van der Waals surface area contributed by atoms with Crippen molar-refractivity contribution in [2.45, 2.75) is 122 Å². The maximum absolute atomic E-state index is 14.2. The summed E-state index contributed by atoms with van der Waals surface area (Å²) in [6.07, 6.45) is 20.9. The van der Waals surface area contributed by atoms with Crippen LogP contribution in [0.2, 0.25) is 0 Å². The molecule has 0 spiro atoms. The second-order valence-corrected chi connectivity index (χ2v) is 11.8. The first-order valence-corrected chi connectivity index (χ1v) is 14.4. The van der Waals surface area contributed by atoms with Gasteiger partial charge in [-0.25, -0.2) is 8.78 Å². The van der Waals surface area contributed by atoms with Crippen molar-refractivity contribution >= 4 is 0 Å². The van der Waals surface area contributed by atoms with Gasteiger partial charge in [0.05, 0.1) is 0 Å². The Bertz CT molecular complexity index is 766. The van der Waals surface area contributed by atoms with Crippen molar-refractivity contribution in [3.05, 3.63) is 29.3 Å². The molecule has 1 nitrogen and oxygen atoms in total. The highest BCUT2D eigenvalue weighted by Crippen LogP contribution is 2.50. The molecular weight excluding hydrogens is 452 g/mol. The molecule has 3 saturated carbocycles. The fraction of sp³-hybridized carbons (Fsp3) is 0.800. The van der Waals surface area contributed by atoms with Crippen molar-refractivity contribution in [1.82, 2.24) is 0 Å². The molecule has 3 aliphatic carbocycles. The molecule has 0 bridgehead atoms. The number of fused-ring (bicyclic) bond motifs is 1. The summed E-state index contributed by atoms with van der Waals surface area (Å²) in [6, 6.07) is 2.39. The lowest BCUT2D eigenvalue weighted by Crippen LogP contribution is -2.34. The molecule has 1 aromatic rings. The number of ether oxygens (including phenoxy) is 1. The number of hydrogen-bond donors (Lipinski definition) is 0. The van der Waals surface area contributed by atoms with E-state index in [1.165, 1.54) is 89.2 Å². The lowest BCUT2D eigenvalue weighted by atomic mass is 9.60. The van der Waals surface area contributed by atoms with Gasteiger partial charge in [0.1, 0.15) is 0 Å². The van der Waals surface area contributed by atoms with Crippen LogP contribution in [-0.4, -0.2) is 6.61 Å². The van der Waals surface area contributed by atoms with Crippen LogP contribution in [0.1, 0.15) is 121 Å². The molecule has 0 amide bonds. The zero-order valence-corrected chi connectivity index (χ0v) is 21.4. The smallest absolute Gasteiger partial charge is 0.387 e. The fourth-order valence-corrected chi connectivity index (χ4v) is 7.69. The number of benzene rings is 1.